The molecule has 0 saturated heterocycles. The van der Waals surface area contributed by atoms with Crippen molar-refractivity contribution >= 4 is 17.5 Å². The number of hydrogen-bond acceptors (Lipinski definition) is 4. The molecule has 5 heteroatoms. The molecule has 0 aromatic heterocycles. The lowest BCUT2D eigenvalue weighted by atomic mass is 9.41. The molecule has 4 fully saturated rings. The van der Waals surface area contributed by atoms with Gasteiger partial charge in [0.05, 0.1) is 5.57 Å². The number of allylic oxidation sites excluding steroid dienone is 4. The molecule has 0 radical (unpaired) electrons. The molecule has 0 bridgehead atoms. The predicted octanol–water partition coefficient (Wildman–Crippen LogP) is 5.46. The molecule has 192 valence electrons. The number of nitrogens with zero attached hydrogens (tertiary/aromatic N) is 1. The third kappa shape index (κ3) is 3.35. The lowest BCUT2D eigenvalue weighted by molar-refractivity contribution is -0.144. The van der Waals surface area contributed by atoms with Crippen LogP contribution in [0.25, 0.3) is 0 Å². The maximum Gasteiger partial charge on any atom is 0.223 e. The molecule has 0 spiro atoms. The van der Waals surface area contributed by atoms with Crippen molar-refractivity contribution in [2.45, 2.75) is 97.4 Å². The highest BCUT2D eigenvalue weighted by molar-refractivity contribution is 6.01. The molecule has 36 heavy (non-hydrogen) atoms. The van der Waals surface area contributed by atoms with Gasteiger partial charge in [0.25, 0.3) is 0 Å². The summed E-state index contributed by atoms with van der Waals surface area (Å²) in [6.07, 6.45) is 13.1. The summed E-state index contributed by atoms with van der Waals surface area (Å²) in [6, 6.07) is 2.13. The van der Waals surface area contributed by atoms with Gasteiger partial charge >= 0.3 is 0 Å². The Labute approximate surface area is 215 Å². The van der Waals surface area contributed by atoms with Crippen LogP contribution in [-0.2, 0) is 14.4 Å². The monoisotopic (exact) mass is 488 g/mol. The minimum atomic E-state index is -0.423. The minimum Gasteiger partial charge on any atom is -0.350 e. The molecular weight excluding hydrogens is 448 g/mol. The quantitative estimate of drug-likeness (QED) is 0.559. The zero-order valence-corrected chi connectivity index (χ0v) is 22.3. The summed E-state index contributed by atoms with van der Waals surface area (Å²) in [7, 11) is 0. The van der Waals surface area contributed by atoms with Crippen molar-refractivity contribution in [3.8, 4) is 6.07 Å². The van der Waals surface area contributed by atoms with Crippen LogP contribution in [0.2, 0.25) is 0 Å². The lowest BCUT2D eigenvalue weighted by Crippen LogP contribution is -2.66. The molecule has 0 aromatic carbocycles. The van der Waals surface area contributed by atoms with E-state index >= 15 is 0 Å². The van der Waals surface area contributed by atoms with E-state index in [4.69, 9.17) is 0 Å². The predicted molar refractivity (Wildman–Crippen MR) is 136 cm³/mol. The van der Waals surface area contributed by atoms with Gasteiger partial charge in [-0.25, -0.2) is 0 Å². The van der Waals surface area contributed by atoms with E-state index in [2.05, 4.69) is 39.1 Å². The van der Waals surface area contributed by atoms with Gasteiger partial charge < -0.3 is 5.32 Å². The first-order valence-electron chi connectivity index (χ1n) is 14.2. The third-order valence-electron chi connectivity index (χ3n) is 11.6. The van der Waals surface area contributed by atoms with Crippen LogP contribution in [0.5, 0.6) is 0 Å². The third-order valence-corrected chi connectivity index (χ3v) is 11.6. The van der Waals surface area contributed by atoms with Crippen molar-refractivity contribution in [1.82, 2.24) is 5.32 Å². The van der Waals surface area contributed by atoms with Crippen LogP contribution in [0.15, 0.2) is 23.3 Å². The lowest BCUT2D eigenvalue weighted by Gasteiger charge is -2.64. The Morgan fingerprint density at radius 1 is 1.00 bits per heavy atom. The summed E-state index contributed by atoms with van der Waals surface area (Å²) in [5, 5.41) is 13.2. The largest absolute Gasteiger partial charge is 0.350 e. The number of fused-ring (bicyclic) bond motifs is 7. The zero-order chi connectivity index (χ0) is 25.7. The molecule has 5 nitrogen and oxygen atoms in total. The summed E-state index contributed by atoms with van der Waals surface area (Å²) >= 11 is 0. The van der Waals surface area contributed by atoms with E-state index in [1.807, 2.05) is 12.2 Å². The molecule has 0 aromatic rings. The number of ketones is 2. The summed E-state index contributed by atoms with van der Waals surface area (Å²) in [6.45, 7) is 9.15. The van der Waals surface area contributed by atoms with Crippen molar-refractivity contribution in [3.63, 3.8) is 0 Å². The molecule has 0 aliphatic heterocycles. The first-order valence-corrected chi connectivity index (χ1v) is 14.2. The van der Waals surface area contributed by atoms with Crippen molar-refractivity contribution in [3.05, 3.63) is 23.3 Å². The van der Waals surface area contributed by atoms with E-state index in [0.29, 0.717) is 6.42 Å². The van der Waals surface area contributed by atoms with Crippen LogP contribution in [0.4, 0.5) is 0 Å². The highest BCUT2D eigenvalue weighted by Gasteiger charge is 2.64. The number of Topliss-reactive ketones (excluding diaryl/α,β-unsaturated/α-hetero) is 1. The second-order valence-electron chi connectivity index (χ2n) is 14.3. The average molecular weight is 489 g/mol. The van der Waals surface area contributed by atoms with E-state index < -0.39 is 5.41 Å². The zero-order valence-electron chi connectivity index (χ0n) is 22.3. The molecule has 4 saturated carbocycles. The molecule has 1 N–H and O–H groups in total. The number of hydrogen-bond donors (Lipinski definition) is 1. The van der Waals surface area contributed by atoms with E-state index in [1.165, 1.54) is 0 Å². The second-order valence-corrected chi connectivity index (χ2v) is 14.3. The fourth-order valence-corrected chi connectivity index (χ4v) is 9.32. The summed E-state index contributed by atoms with van der Waals surface area (Å²) in [4.78, 5) is 39.7. The average Bonchev–Trinajstić information content (AvgIpc) is 3.66. The second kappa shape index (κ2) is 7.65. The molecular formula is C31H40N2O3. The standard InChI is InChI=1S/C31H40N2O3/c1-28(2)11-12-31(33-27(36)18-5-6-18)10-8-21-26(22(31)16-28)24(35)14-25-29(21,3)9-7-20-13-23(34)19(17-32)15-30(20,25)4/h14-15,18,20-22,26H,5-13,16H2,1-4H3,(H,33,36). The maximum atomic E-state index is 14.2. The Morgan fingerprint density at radius 3 is 2.44 bits per heavy atom. The number of carbonyl (C=O) groups is 3. The number of nitriles is 1. The summed E-state index contributed by atoms with van der Waals surface area (Å²) in [5.41, 5.74) is 0.752. The molecule has 6 rings (SSSR count). The maximum absolute atomic E-state index is 14.2. The van der Waals surface area contributed by atoms with Gasteiger partial charge in [0.2, 0.25) is 5.91 Å². The normalized spacial score (nSPS) is 45.1. The van der Waals surface area contributed by atoms with Gasteiger partial charge in [0.1, 0.15) is 6.07 Å². The van der Waals surface area contributed by atoms with Crippen LogP contribution < -0.4 is 5.32 Å². The Morgan fingerprint density at radius 2 is 1.75 bits per heavy atom. The van der Waals surface area contributed by atoms with Crippen molar-refractivity contribution in [2.75, 3.05) is 0 Å². The van der Waals surface area contributed by atoms with Crippen LogP contribution in [0.1, 0.15) is 91.9 Å². The minimum absolute atomic E-state index is 0.0533. The van der Waals surface area contributed by atoms with Crippen LogP contribution in [0, 0.1) is 57.2 Å². The van der Waals surface area contributed by atoms with E-state index in [-0.39, 0.29) is 69.0 Å². The molecule has 6 aliphatic carbocycles. The van der Waals surface area contributed by atoms with E-state index in [9.17, 15) is 19.6 Å². The highest BCUT2D eigenvalue weighted by atomic mass is 16.2. The van der Waals surface area contributed by atoms with Crippen LogP contribution in [-0.4, -0.2) is 23.0 Å². The SMILES string of the molecule is CC1(C)CCC2(NC(=O)C3CC3)CCC3C(C(=O)C=C4C5(C)C=C(C#N)C(=O)CC5CCC43C)C2C1. The van der Waals surface area contributed by atoms with Crippen molar-refractivity contribution in [1.29, 1.82) is 5.26 Å². The van der Waals surface area contributed by atoms with Crippen LogP contribution in [0.3, 0.4) is 0 Å². The van der Waals surface area contributed by atoms with Gasteiger partial charge in [-0.2, -0.15) is 5.26 Å². The van der Waals surface area contributed by atoms with Crippen molar-refractivity contribution < 1.29 is 14.4 Å². The van der Waals surface area contributed by atoms with Gasteiger partial charge in [-0.15, -0.1) is 0 Å². The first kappa shape index (κ1) is 24.1. The summed E-state index contributed by atoms with van der Waals surface area (Å²) < 4.78 is 0. The topological polar surface area (TPSA) is 87.0 Å². The number of carbonyl (C=O) groups excluding carboxylic acids is 3. The highest BCUT2D eigenvalue weighted by Crippen LogP contribution is 2.67. The fourth-order valence-electron chi connectivity index (χ4n) is 9.32. The fraction of sp³-hybridized carbons (Fsp3) is 0.742. The van der Waals surface area contributed by atoms with Gasteiger partial charge in [0, 0.05) is 29.2 Å². The van der Waals surface area contributed by atoms with Gasteiger partial charge in [0.15, 0.2) is 11.6 Å². The molecule has 7 atom stereocenters. The summed E-state index contributed by atoms with van der Waals surface area (Å²) in [5.74, 6) is 1.02. The Bertz CT molecular complexity index is 1150. The number of nitrogens with one attached hydrogen (secondary N) is 1. The van der Waals surface area contributed by atoms with E-state index in [0.717, 1.165) is 63.4 Å². The van der Waals surface area contributed by atoms with Gasteiger partial charge in [-0.3, -0.25) is 14.4 Å². The number of rotatable bonds is 2. The smallest absolute Gasteiger partial charge is 0.223 e. The Hall–Kier alpha value is -2.22. The molecule has 7 unspecified atom stereocenters. The van der Waals surface area contributed by atoms with Gasteiger partial charge in [-0.05, 0) is 92.4 Å². The van der Waals surface area contributed by atoms with Crippen LogP contribution >= 0.6 is 0 Å². The van der Waals surface area contributed by atoms with Crippen molar-refractivity contribution in [2.24, 2.45) is 45.8 Å². The first-order chi connectivity index (χ1) is 16.9. The number of amides is 1. The molecule has 6 aliphatic rings. The molecule has 0 heterocycles. The molecule has 1 amide bonds. The van der Waals surface area contributed by atoms with E-state index in [1.54, 1.807) is 0 Å². The van der Waals surface area contributed by atoms with Gasteiger partial charge in [-0.1, -0.05) is 39.3 Å². The Balaban J connectivity index is 1.43. The Kier molecular flexibility index (Phi) is 5.13.